The Morgan fingerprint density at radius 3 is 2.70 bits per heavy atom. The molecule has 0 bridgehead atoms. The number of aromatic nitrogens is 2. The van der Waals surface area contributed by atoms with Crippen molar-refractivity contribution in [2.24, 2.45) is 0 Å². The van der Waals surface area contributed by atoms with Crippen LogP contribution in [0.1, 0.15) is 27.0 Å². The third-order valence-corrected chi connectivity index (χ3v) is 5.57. The summed E-state index contributed by atoms with van der Waals surface area (Å²) in [6.45, 7) is 2.38. The highest BCUT2D eigenvalue weighted by Crippen LogP contribution is 2.23. The monoisotopic (exact) mass is 483 g/mol. The molecular weight excluding hydrogens is 464 g/mol. The zero-order chi connectivity index (χ0) is 23.4. The van der Waals surface area contributed by atoms with Gasteiger partial charge < -0.3 is 10.1 Å². The van der Waals surface area contributed by atoms with E-state index in [-0.39, 0.29) is 12.5 Å². The zero-order valence-electron chi connectivity index (χ0n) is 17.7. The van der Waals surface area contributed by atoms with Gasteiger partial charge >= 0.3 is 0 Å². The second-order valence-electron chi connectivity index (χ2n) is 7.45. The van der Waals surface area contributed by atoms with Crippen LogP contribution in [0.3, 0.4) is 0 Å². The lowest BCUT2D eigenvalue weighted by Crippen LogP contribution is -2.13. The van der Waals surface area contributed by atoms with Gasteiger partial charge in [-0.3, -0.25) is 9.48 Å². The molecule has 1 N–H and O–H groups in total. The summed E-state index contributed by atoms with van der Waals surface area (Å²) in [5, 5.41) is 8.02. The maximum absolute atomic E-state index is 14.0. The Labute approximate surface area is 200 Å². The molecule has 0 saturated heterocycles. The molecule has 1 aromatic heterocycles. The van der Waals surface area contributed by atoms with Crippen molar-refractivity contribution in [3.63, 3.8) is 0 Å². The number of carbonyl (C=O) groups excluding carboxylic acids is 1. The topological polar surface area (TPSA) is 56.1 Å². The number of ether oxygens (including phenoxy) is 1. The number of benzene rings is 3. The molecule has 0 aliphatic carbocycles. The average Bonchev–Trinajstić information content (AvgIpc) is 3.23. The van der Waals surface area contributed by atoms with E-state index in [1.54, 1.807) is 48.7 Å². The molecule has 0 unspecified atom stereocenters. The second-order valence-corrected chi connectivity index (χ2v) is 8.30. The molecule has 1 heterocycles. The number of aryl methyl sites for hydroxylation is 1. The predicted octanol–water partition coefficient (Wildman–Crippen LogP) is 6.52. The van der Waals surface area contributed by atoms with Crippen molar-refractivity contribution < 1.29 is 13.9 Å². The highest BCUT2D eigenvalue weighted by atomic mass is 35.5. The maximum Gasteiger partial charge on any atom is 0.256 e. The quantitative estimate of drug-likeness (QED) is 0.325. The minimum atomic E-state index is -0.406. The standard InChI is InChI=1S/C25H20Cl2FN3O2/c1-16-12-19(26)8-9-23(16)33-15-17-4-2-5-18(13-17)25(32)29-24-10-11-31(30-24)14-20-21(27)6-3-7-22(20)28/h2-13H,14-15H2,1H3,(H,29,30,32). The molecule has 5 nitrogen and oxygen atoms in total. The number of carbonyl (C=O) groups is 1. The number of hydrogen-bond donors (Lipinski definition) is 1. The van der Waals surface area contributed by atoms with E-state index >= 15 is 0 Å². The molecule has 3 aromatic carbocycles. The summed E-state index contributed by atoms with van der Waals surface area (Å²) in [7, 11) is 0. The number of halogens is 3. The summed E-state index contributed by atoms with van der Waals surface area (Å²) in [5.74, 6) is 0.366. The van der Waals surface area contributed by atoms with E-state index in [0.29, 0.717) is 33.6 Å². The molecule has 0 atom stereocenters. The number of nitrogens with one attached hydrogen (secondary N) is 1. The van der Waals surface area contributed by atoms with Crippen molar-refractivity contribution in [2.75, 3.05) is 5.32 Å². The first-order valence-electron chi connectivity index (χ1n) is 10.1. The fraction of sp³-hybridized carbons (Fsp3) is 0.120. The van der Waals surface area contributed by atoms with Gasteiger partial charge in [0, 0.05) is 33.4 Å². The van der Waals surface area contributed by atoms with Gasteiger partial charge in [-0.15, -0.1) is 0 Å². The SMILES string of the molecule is Cc1cc(Cl)ccc1OCc1cccc(C(=O)Nc2ccn(Cc3c(F)cccc3Cl)n2)c1. The fourth-order valence-corrected chi connectivity index (χ4v) is 3.74. The van der Waals surface area contributed by atoms with Crippen molar-refractivity contribution in [1.82, 2.24) is 9.78 Å². The Morgan fingerprint density at radius 2 is 1.91 bits per heavy atom. The van der Waals surface area contributed by atoms with Crippen LogP contribution in [-0.4, -0.2) is 15.7 Å². The highest BCUT2D eigenvalue weighted by Gasteiger charge is 2.12. The van der Waals surface area contributed by atoms with Crippen molar-refractivity contribution in [3.05, 3.63) is 111 Å². The molecule has 4 rings (SSSR count). The van der Waals surface area contributed by atoms with E-state index < -0.39 is 5.82 Å². The Bertz CT molecular complexity index is 1290. The fourth-order valence-electron chi connectivity index (χ4n) is 3.29. The first kappa shape index (κ1) is 22.8. The van der Waals surface area contributed by atoms with Crippen LogP contribution in [0.2, 0.25) is 10.0 Å². The largest absolute Gasteiger partial charge is 0.489 e. The summed E-state index contributed by atoms with van der Waals surface area (Å²) in [6.07, 6.45) is 1.65. The van der Waals surface area contributed by atoms with E-state index in [9.17, 15) is 9.18 Å². The Morgan fingerprint density at radius 1 is 1.09 bits per heavy atom. The molecule has 168 valence electrons. The molecule has 0 aliphatic rings. The first-order valence-corrected chi connectivity index (χ1v) is 10.9. The van der Waals surface area contributed by atoms with E-state index in [0.717, 1.165) is 16.9 Å². The average molecular weight is 484 g/mol. The van der Waals surface area contributed by atoms with Gasteiger partial charge in [-0.05, 0) is 60.5 Å². The van der Waals surface area contributed by atoms with Gasteiger partial charge in [0.1, 0.15) is 18.2 Å². The minimum Gasteiger partial charge on any atom is -0.489 e. The van der Waals surface area contributed by atoms with Gasteiger partial charge in [-0.1, -0.05) is 41.4 Å². The number of hydrogen-bond acceptors (Lipinski definition) is 3. The summed E-state index contributed by atoms with van der Waals surface area (Å²) < 4.78 is 21.4. The lowest BCUT2D eigenvalue weighted by molar-refractivity contribution is 0.102. The zero-order valence-corrected chi connectivity index (χ0v) is 19.2. The van der Waals surface area contributed by atoms with Gasteiger partial charge in [-0.25, -0.2) is 4.39 Å². The van der Waals surface area contributed by atoms with Crippen molar-refractivity contribution >= 4 is 34.9 Å². The molecule has 1 amide bonds. The summed E-state index contributed by atoms with van der Waals surface area (Å²) in [5.41, 5.74) is 2.58. The van der Waals surface area contributed by atoms with Crippen LogP contribution in [0.15, 0.2) is 72.9 Å². The predicted molar refractivity (Wildman–Crippen MR) is 128 cm³/mol. The Hall–Kier alpha value is -3.35. The van der Waals surface area contributed by atoms with Gasteiger partial charge in [-0.2, -0.15) is 5.10 Å². The number of rotatable bonds is 7. The van der Waals surface area contributed by atoms with Crippen LogP contribution in [0.5, 0.6) is 5.75 Å². The van der Waals surface area contributed by atoms with Crippen molar-refractivity contribution in [3.8, 4) is 5.75 Å². The Balaban J connectivity index is 1.40. The molecule has 0 spiro atoms. The number of anilines is 1. The lowest BCUT2D eigenvalue weighted by Gasteiger charge is -2.10. The van der Waals surface area contributed by atoms with Crippen molar-refractivity contribution in [2.45, 2.75) is 20.1 Å². The van der Waals surface area contributed by atoms with Gasteiger partial charge in [0.05, 0.1) is 6.54 Å². The van der Waals surface area contributed by atoms with Crippen LogP contribution in [-0.2, 0) is 13.2 Å². The lowest BCUT2D eigenvalue weighted by atomic mass is 10.1. The van der Waals surface area contributed by atoms with Crippen LogP contribution in [0.4, 0.5) is 10.2 Å². The molecule has 33 heavy (non-hydrogen) atoms. The molecule has 0 fully saturated rings. The molecule has 0 radical (unpaired) electrons. The van der Waals surface area contributed by atoms with Crippen LogP contribution >= 0.6 is 23.2 Å². The molecule has 0 saturated carbocycles. The molecule has 8 heteroatoms. The number of amides is 1. The normalized spacial score (nSPS) is 10.8. The van der Waals surface area contributed by atoms with Gasteiger partial charge in [0.2, 0.25) is 0 Å². The van der Waals surface area contributed by atoms with Gasteiger partial charge in [0.15, 0.2) is 5.82 Å². The maximum atomic E-state index is 14.0. The van der Waals surface area contributed by atoms with Crippen molar-refractivity contribution in [1.29, 1.82) is 0 Å². The third kappa shape index (κ3) is 5.72. The molecule has 0 aliphatic heterocycles. The smallest absolute Gasteiger partial charge is 0.256 e. The van der Waals surface area contributed by atoms with Crippen LogP contribution in [0, 0.1) is 12.7 Å². The van der Waals surface area contributed by atoms with E-state index in [4.69, 9.17) is 27.9 Å². The first-order chi connectivity index (χ1) is 15.9. The highest BCUT2D eigenvalue weighted by molar-refractivity contribution is 6.31. The minimum absolute atomic E-state index is 0.151. The number of nitrogens with zero attached hydrogens (tertiary/aromatic N) is 2. The molecular formula is C25H20Cl2FN3O2. The van der Waals surface area contributed by atoms with Crippen LogP contribution in [0.25, 0.3) is 0 Å². The van der Waals surface area contributed by atoms with Crippen LogP contribution < -0.4 is 10.1 Å². The summed E-state index contributed by atoms with van der Waals surface area (Å²) in [4.78, 5) is 12.7. The third-order valence-electron chi connectivity index (χ3n) is 4.98. The molecule has 4 aromatic rings. The van der Waals surface area contributed by atoms with E-state index in [2.05, 4.69) is 10.4 Å². The van der Waals surface area contributed by atoms with Gasteiger partial charge in [0.25, 0.3) is 5.91 Å². The summed E-state index contributed by atoms with van der Waals surface area (Å²) >= 11 is 12.1. The summed E-state index contributed by atoms with van der Waals surface area (Å²) in [6, 6.07) is 18.7. The van der Waals surface area contributed by atoms with E-state index in [1.807, 2.05) is 25.1 Å². The second kappa shape index (κ2) is 10.1. The van der Waals surface area contributed by atoms with E-state index in [1.165, 1.54) is 10.7 Å². The Kier molecular flexibility index (Phi) is 6.96.